The van der Waals surface area contributed by atoms with E-state index in [0.29, 0.717) is 29.5 Å². The van der Waals surface area contributed by atoms with E-state index in [1.165, 1.54) is 0 Å². The molecule has 0 fully saturated rings. The molecule has 0 unspecified atom stereocenters. The molecule has 5 heteroatoms. The summed E-state index contributed by atoms with van der Waals surface area (Å²) in [6.07, 6.45) is 0.492. The molecule has 0 aliphatic carbocycles. The van der Waals surface area contributed by atoms with E-state index in [-0.39, 0.29) is 6.61 Å². The van der Waals surface area contributed by atoms with Gasteiger partial charge < -0.3 is 14.0 Å². The highest BCUT2D eigenvalue weighted by atomic mass is 16.5. The number of hydrogen-bond acceptors (Lipinski definition) is 5. The van der Waals surface area contributed by atoms with Crippen LogP contribution in [0.1, 0.15) is 17.2 Å². The van der Waals surface area contributed by atoms with Gasteiger partial charge in [-0.25, -0.2) is 4.98 Å². The number of hydrogen-bond donors (Lipinski definition) is 1. The van der Waals surface area contributed by atoms with Crippen molar-refractivity contribution in [3.8, 4) is 11.6 Å². The van der Waals surface area contributed by atoms with Crippen LogP contribution in [-0.4, -0.2) is 21.9 Å². The van der Waals surface area contributed by atoms with Crippen LogP contribution in [0.4, 0.5) is 0 Å². The molecule has 1 N–H and O–H groups in total. The molecule has 2 aromatic rings. The van der Waals surface area contributed by atoms with Crippen LogP contribution in [0.5, 0.6) is 0 Å². The normalized spacial score (nSPS) is 10.9. The van der Waals surface area contributed by atoms with E-state index in [0.717, 1.165) is 5.69 Å². The van der Waals surface area contributed by atoms with Gasteiger partial charge in [-0.2, -0.15) is 0 Å². The van der Waals surface area contributed by atoms with Crippen LogP contribution < -0.4 is 0 Å². The van der Waals surface area contributed by atoms with Crippen molar-refractivity contribution in [1.29, 1.82) is 0 Å². The monoisotopic (exact) mass is 208 g/mol. The van der Waals surface area contributed by atoms with E-state index in [1.54, 1.807) is 13.0 Å². The van der Waals surface area contributed by atoms with Gasteiger partial charge >= 0.3 is 0 Å². The molecular formula is C10H12N2O3. The Morgan fingerprint density at radius 1 is 1.40 bits per heavy atom. The number of nitrogens with zero attached hydrogens (tertiary/aromatic N) is 2. The number of aryl methyl sites for hydroxylation is 2. The molecule has 0 aliphatic heterocycles. The molecule has 0 saturated carbocycles. The van der Waals surface area contributed by atoms with Crippen molar-refractivity contribution in [2.45, 2.75) is 20.3 Å². The second-order valence-corrected chi connectivity index (χ2v) is 3.32. The second-order valence-electron chi connectivity index (χ2n) is 3.32. The van der Waals surface area contributed by atoms with Gasteiger partial charge in [-0.05, 0) is 13.8 Å². The molecule has 0 bridgehead atoms. The SMILES string of the molecule is Cc1cc(-c2nc(CCO)c(C)o2)no1. The lowest BCUT2D eigenvalue weighted by Gasteiger charge is -1.88. The fourth-order valence-electron chi connectivity index (χ4n) is 1.34. The summed E-state index contributed by atoms with van der Waals surface area (Å²) in [6, 6.07) is 1.76. The first kappa shape index (κ1) is 9.92. The van der Waals surface area contributed by atoms with Gasteiger partial charge in [-0.3, -0.25) is 0 Å². The van der Waals surface area contributed by atoms with Crippen molar-refractivity contribution in [3.63, 3.8) is 0 Å². The molecule has 0 saturated heterocycles. The smallest absolute Gasteiger partial charge is 0.249 e. The Labute approximate surface area is 86.7 Å². The first-order chi connectivity index (χ1) is 7.20. The average molecular weight is 208 g/mol. The van der Waals surface area contributed by atoms with Crippen molar-refractivity contribution in [1.82, 2.24) is 10.1 Å². The Morgan fingerprint density at radius 2 is 2.20 bits per heavy atom. The van der Waals surface area contributed by atoms with Crippen molar-refractivity contribution in [2.24, 2.45) is 0 Å². The van der Waals surface area contributed by atoms with Crippen LogP contribution in [0.3, 0.4) is 0 Å². The molecule has 0 spiro atoms. The topological polar surface area (TPSA) is 72.3 Å². The zero-order valence-corrected chi connectivity index (χ0v) is 8.65. The van der Waals surface area contributed by atoms with E-state index in [1.807, 2.05) is 6.92 Å². The third-order valence-electron chi connectivity index (χ3n) is 2.09. The van der Waals surface area contributed by atoms with E-state index < -0.39 is 0 Å². The summed E-state index contributed by atoms with van der Waals surface area (Å²) in [5, 5.41) is 12.6. The molecule has 0 atom stereocenters. The molecule has 80 valence electrons. The van der Waals surface area contributed by atoms with Gasteiger partial charge in [0.1, 0.15) is 11.5 Å². The molecule has 0 amide bonds. The highest BCUT2D eigenvalue weighted by Gasteiger charge is 2.13. The van der Waals surface area contributed by atoms with Gasteiger partial charge in [0.05, 0.1) is 5.69 Å². The number of rotatable bonds is 3. The fourth-order valence-corrected chi connectivity index (χ4v) is 1.34. The quantitative estimate of drug-likeness (QED) is 0.827. The largest absolute Gasteiger partial charge is 0.440 e. The zero-order chi connectivity index (χ0) is 10.8. The lowest BCUT2D eigenvalue weighted by Crippen LogP contribution is -1.92. The summed E-state index contributed by atoms with van der Waals surface area (Å²) in [6.45, 7) is 3.68. The van der Waals surface area contributed by atoms with Crippen molar-refractivity contribution in [3.05, 3.63) is 23.3 Å². The van der Waals surface area contributed by atoms with Crippen LogP contribution in [-0.2, 0) is 6.42 Å². The predicted molar refractivity (Wildman–Crippen MR) is 52.3 cm³/mol. The minimum absolute atomic E-state index is 0.0602. The molecule has 0 aliphatic rings. The lowest BCUT2D eigenvalue weighted by atomic mass is 10.3. The Hall–Kier alpha value is -1.62. The highest BCUT2D eigenvalue weighted by Crippen LogP contribution is 2.21. The van der Waals surface area contributed by atoms with Crippen molar-refractivity contribution >= 4 is 0 Å². The van der Waals surface area contributed by atoms with Gasteiger partial charge in [-0.15, -0.1) is 0 Å². The third kappa shape index (κ3) is 1.92. The molecule has 15 heavy (non-hydrogen) atoms. The van der Waals surface area contributed by atoms with E-state index in [9.17, 15) is 0 Å². The number of aliphatic hydroxyl groups is 1. The fraction of sp³-hybridized carbons (Fsp3) is 0.400. The van der Waals surface area contributed by atoms with Crippen LogP contribution in [0.15, 0.2) is 15.0 Å². The van der Waals surface area contributed by atoms with Crippen molar-refractivity contribution < 1.29 is 14.0 Å². The average Bonchev–Trinajstić information content (AvgIpc) is 2.75. The summed E-state index contributed by atoms with van der Waals surface area (Å²) in [5.41, 5.74) is 1.34. The maximum absolute atomic E-state index is 8.81. The lowest BCUT2D eigenvalue weighted by molar-refractivity contribution is 0.297. The second kappa shape index (κ2) is 3.86. The molecule has 2 rings (SSSR count). The standard InChI is InChI=1S/C10H12N2O3/c1-6-5-9(12-15-6)10-11-8(3-4-13)7(2)14-10/h5,13H,3-4H2,1-2H3. The minimum Gasteiger partial charge on any atom is -0.440 e. The Balaban J connectivity index is 2.33. The van der Waals surface area contributed by atoms with Crippen LogP contribution in [0.25, 0.3) is 11.6 Å². The molecule has 0 radical (unpaired) electrons. The zero-order valence-electron chi connectivity index (χ0n) is 8.65. The summed E-state index contributed by atoms with van der Waals surface area (Å²) in [4.78, 5) is 4.23. The number of aromatic nitrogens is 2. The summed E-state index contributed by atoms with van der Waals surface area (Å²) < 4.78 is 10.4. The Bertz CT molecular complexity index is 459. The summed E-state index contributed by atoms with van der Waals surface area (Å²) in [5.74, 6) is 1.86. The summed E-state index contributed by atoms with van der Waals surface area (Å²) >= 11 is 0. The van der Waals surface area contributed by atoms with Gasteiger partial charge in [0, 0.05) is 19.1 Å². The summed E-state index contributed by atoms with van der Waals surface area (Å²) in [7, 11) is 0. The Morgan fingerprint density at radius 3 is 2.80 bits per heavy atom. The molecule has 0 aromatic carbocycles. The molecule has 2 aromatic heterocycles. The van der Waals surface area contributed by atoms with Gasteiger partial charge in [0.2, 0.25) is 5.89 Å². The maximum atomic E-state index is 8.81. The highest BCUT2D eigenvalue weighted by molar-refractivity contribution is 5.47. The van der Waals surface area contributed by atoms with E-state index in [2.05, 4.69) is 10.1 Å². The molecular weight excluding hydrogens is 196 g/mol. The van der Waals surface area contributed by atoms with Crippen molar-refractivity contribution in [2.75, 3.05) is 6.61 Å². The Kier molecular flexibility index (Phi) is 2.55. The first-order valence-corrected chi connectivity index (χ1v) is 4.71. The number of oxazole rings is 1. The van der Waals surface area contributed by atoms with E-state index in [4.69, 9.17) is 14.0 Å². The first-order valence-electron chi connectivity index (χ1n) is 4.71. The minimum atomic E-state index is 0.0602. The van der Waals surface area contributed by atoms with Crippen LogP contribution in [0.2, 0.25) is 0 Å². The van der Waals surface area contributed by atoms with E-state index >= 15 is 0 Å². The van der Waals surface area contributed by atoms with Gasteiger partial charge in [0.15, 0.2) is 5.69 Å². The molecule has 5 nitrogen and oxygen atoms in total. The van der Waals surface area contributed by atoms with Gasteiger partial charge in [-0.1, -0.05) is 5.16 Å². The number of aliphatic hydroxyl groups excluding tert-OH is 1. The molecule has 2 heterocycles. The van der Waals surface area contributed by atoms with Crippen LogP contribution >= 0.6 is 0 Å². The van der Waals surface area contributed by atoms with Gasteiger partial charge in [0.25, 0.3) is 0 Å². The van der Waals surface area contributed by atoms with Crippen LogP contribution in [0, 0.1) is 13.8 Å². The maximum Gasteiger partial charge on any atom is 0.249 e. The predicted octanol–water partition coefficient (Wildman–Crippen LogP) is 1.48. The third-order valence-corrected chi connectivity index (χ3v) is 2.09.